The predicted octanol–water partition coefficient (Wildman–Crippen LogP) is 6.35. The first-order chi connectivity index (χ1) is 17.9. The Morgan fingerprint density at radius 1 is 0.919 bits per heavy atom. The minimum atomic E-state index is -0.719. The quantitative estimate of drug-likeness (QED) is 0.247. The van der Waals surface area contributed by atoms with E-state index in [4.69, 9.17) is 0 Å². The Kier molecular flexibility index (Phi) is 6.88. The molecule has 5 nitrogen and oxygen atoms in total. The predicted molar refractivity (Wildman–Crippen MR) is 149 cm³/mol. The molecule has 37 heavy (non-hydrogen) atoms. The van der Waals surface area contributed by atoms with Crippen molar-refractivity contribution in [2.24, 2.45) is 0 Å². The number of rotatable bonds is 6. The number of aryl methyl sites for hydroxylation is 3. The van der Waals surface area contributed by atoms with Crippen molar-refractivity contribution in [3.05, 3.63) is 100 Å². The highest BCUT2D eigenvalue weighted by atomic mass is 16.3. The van der Waals surface area contributed by atoms with Gasteiger partial charge in [-0.2, -0.15) is 0 Å². The monoisotopic (exact) mass is 494 g/mol. The zero-order chi connectivity index (χ0) is 26.1. The van der Waals surface area contributed by atoms with Crippen LogP contribution in [0.25, 0.3) is 5.76 Å². The van der Waals surface area contributed by atoms with Crippen molar-refractivity contribution in [1.29, 1.82) is 0 Å². The fourth-order valence-electron chi connectivity index (χ4n) is 5.68. The lowest BCUT2D eigenvalue weighted by molar-refractivity contribution is -0.132. The second-order valence-corrected chi connectivity index (χ2v) is 9.96. The van der Waals surface area contributed by atoms with Crippen LogP contribution in [-0.4, -0.2) is 29.9 Å². The van der Waals surface area contributed by atoms with Gasteiger partial charge >= 0.3 is 0 Å². The van der Waals surface area contributed by atoms with Gasteiger partial charge in [0, 0.05) is 30.0 Å². The zero-order valence-corrected chi connectivity index (χ0v) is 21.8. The normalized spacial score (nSPS) is 18.7. The van der Waals surface area contributed by atoms with Gasteiger partial charge in [-0.1, -0.05) is 36.4 Å². The number of amides is 1. The Bertz CT molecular complexity index is 1370. The van der Waals surface area contributed by atoms with Crippen LogP contribution in [0.3, 0.4) is 0 Å². The summed E-state index contributed by atoms with van der Waals surface area (Å²) in [5.41, 5.74) is 6.74. The van der Waals surface area contributed by atoms with Crippen molar-refractivity contribution in [2.75, 3.05) is 22.9 Å². The number of carbonyl (C=O) groups is 2. The van der Waals surface area contributed by atoms with E-state index in [0.29, 0.717) is 11.3 Å². The molecule has 0 saturated carbocycles. The van der Waals surface area contributed by atoms with Gasteiger partial charge in [0.1, 0.15) is 5.76 Å². The third kappa shape index (κ3) is 4.55. The number of ketones is 1. The van der Waals surface area contributed by atoms with Crippen LogP contribution in [-0.2, 0) is 22.4 Å². The van der Waals surface area contributed by atoms with Crippen LogP contribution in [0.1, 0.15) is 60.5 Å². The van der Waals surface area contributed by atoms with Gasteiger partial charge in [-0.25, -0.2) is 0 Å². The number of nitrogens with zero attached hydrogens (tertiary/aromatic N) is 2. The minimum Gasteiger partial charge on any atom is -0.507 e. The van der Waals surface area contributed by atoms with E-state index in [-0.39, 0.29) is 11.3 Å². The molecular weight excluding hydrogens is 460 g/mol. The molecule has 1 unspecified atom stereocenters. The van der Waals surface area contributed by atoms with Crippen molar-refractivity contribution < 1.29 is 14.7 Å². The van der Waals surface area contributed by atoms with Crippen LogP contribution in [0.15, 0.2) is 72.3 Å². The number of aliphatic hydroxyl groups excluding tert-OH is 1. The molecule has 0 spiro atoms. The number of carbonyl (C=O) groups excluding carboxylic acids is 2. The summed E-state index contributed by atoms with van der Waals surface area (Å²) in [4.78, 5) is 30.8. The number of Topliss-reactive ketones (excluding diaryl/α,β-unsaturated/α-hetero) is 1. The molecular formula is C32H34N2O3. The van der Waals surface area contributed by atoms with Crippen LogP contribution in [0.5, 0.6) is 0 Å². The molecule has 0 radical (unpaired) electrons. The summed E-state index contributed by atoms with van der Waals surface area (Å²) < 4.78 is 0. The Morgan fingerprint density at radius 2 is 1.62 bits per heavy atom. The first-order valence-electron chi connectivity index (χ1n) is 13.3. The van der Waals surface area contributed by atoms with E-state index in [9.17, 15) is 14.7 Å². The Morgan fingerprint density at radius 3 is 2.30 bits per heavy atom. The summed E-state index contributed by atoms with van der Waals surface area (Å²) >= 11 is 0. The third-order valence-electron chi connectivity index (χ3n) is 7.68. The molecule has 1 atom stereocenters. The lowest BCUT2D eigenvalue weighted by Gasteiger charge is -2.27. The molecule has 1 N–H and O–H groups in total. The molecule has 1 saturated heterocycles. The number of aliphatic hydroxyl groups is 1. The second kappa shape index (κ2) is 10.3. The first kappa shape index (κ1) is 24.8. The Balaban J connectivity index is 1.66. The minimum absolute atomic E-state index is 0.111. The van der Waals surface area contributed by atoms with Crippen LogP contribution < -0.4 is 9.80 Å². The Hall–Kier alpha value is -3.86. The molecule has 1 fully saturated rings. The molecule has 3 aromatic rings. The maximum absolute atomic E-state index is 13.5. The zero-order valence-electron chi connectivity index (χ0n) is 21.8. The first-order valence-corrected chi connectivity index (χ1v) is 13.3. The number of hydrogen-bond acceptors (Lipinski definition) is 4. The second-order valence-electron chi connectivity index (χ2n) is 9.96. The van der Waals surface area contributed by atoms with Gasteiger partial charge in [0.2, 0.25) is 0 Å². The number of hydrogen-bond donors (Lipinski definition) is 1. The average molecular weight is 495 g/mol. The fraction of sp³-hybridized carbons (Fsp3) is 0.312. The van der Waals surface area contributed by atoms with Crippen LogP contribution in [0.2, 0.25) is 0 Å². The van der Waals surface area contributed by atoms with Gasteiger partial charge in [-0.3, -0.25) is 14.5 Å². The molecule has 0 bridgehead atoms. The van der Waals surface area contributed by atoms with E-state index in [2.05, 4.69) is 18.7 Å². The summed E-state index contributed by atoms with van der Waals surface area (Å²) in [7, 11) is 0. The van der Waals surface area contributed by atoms with Crippen molar-refractivity contribution in [3.63, 3.8) is 0 Å². The molecule has 5 heteroatoms. The molecule has 1 aliphatic carbocycles. The van der Waals surface area contributed by atoms with E-state index < -0.39 is 17.7 Å². The van der Waals surface area contributed by atoms with E-state index in [1.54, 1.807) is 0 Å². The molecule has 1 aliphatic heterocycles. The van der Waals surface area contributed by atoms with Gasteiger partial charge in [0.25, 0.3) is 11.7 Å². The SMILES string of the molecule is CCN(CC)c1ccc(C2/C(=C(/O)c3ccc4c(c3)CCCC4)C(=O)C(=O)N2c2cccc(C)c2)cc1. The summed E-state index contributed by atoms with van der Waals surface area (Å²) in [6.45, 7) is 7.96. The molecule has 2 aliphatic rings. The van der Waals surface area contributed by atoms with E-state index in [1.165, 1.54) is 22.4 Å². The van der Waals surface area contributed by atoms with Gasteiger partial charge < -0.3 is 10.0 Å². The van der Waals surface area contributed by atoms with Gasteiger partial charge in [0.05, 0.1) is 11.6 Å². The molecule has 190 valence electrons. The molecule has 0 aromatic heterocycles. The summed E-state index contributed by atoms with van der Waals surface area (Å²) in [6.07, 6.45) is 4.29. The van der Waals surface area contributed by atoms with Gasteiger partial charge in [-0.05, 0) is 99.0 Å². The Labute approximate surface area is 219 Å². The summed E-state index contributed by atoms with van der Waals surface area (Å²) in [6, 6.07) is 20.8. The van der Waals surface area contributed by atoms with Crippen LogP contribution >= 0.6 is 0 Å². The smallest absolute Gasteiger partial charge is 0.300 e. The van der Waals surface area contributed by atoms with Gasteiger partial charge in [-0.15, -0.1) is 0 Å². The lowest BCUT2D eigenvalue weighted by Crippen LogP contribution is -2.29. The third-order valence-corrected chi connectivity index (χ3v) is 7.68. The number of fused-ring (bicyclic) bond motifs is 1. The highest BCUT2D eigenvalue weighted by Crippen LogP contribution is 2.43. The molecule has 5 rings (SSSR count). The van der Waals surface area contributed by atoms with Crippen LogP contribution in [0, 0.1) is 6.92 Å². The average Bonchev–Trinajstić information content (AvgIpc) is 3.19. The molecule has 3 aromatic carbocycles. The van der Waals surface area contributed by atoms with Gasteiger partial charge in [0.15, 0.2) is 0 Å². The topological polar surface area (TPSA) is 60.9 Å². The standard InChI is InChI=1S/C32H34N2O3/c1-4-33(5-2)26-17-15-23(16-18-26)29-28(30(35)25-14-13-22-10-6-7-11-24(22)20-25)31(36)32(37)34(29)27-12-8-9-21(3)19-27/h8-9,12-20,29,35H,4-7,10-11H2,1-3H3/b30-28-. The van der Waals surface area contributed by atoms with Crippen LogP contribution in [0.4, 0.5) is 11.4 Å². The fourth-order valence-corrected chi connectivity index (χ4v) is 5.68. The summed E-state index contributed by atoms with van der Waals surface area (Å²) in [5, 5.41) is 11.6. The highest BCUT2D eigenvalue weighted by Gasteiger charge is 2.47. The highest BCUT2D eigenvalue weighted by molar-refractivity contribution is 6.51. The molecule has 1 heterocycles. The largest absolute Gasteiger partial charge is 0.507 e. The number of anilines is 2. The maximum atomic E-state index is 13.5. The lowest BCUT2D eigenvalue weighted by atomic mass is 9.88. The number of benzene rings is 3. The van der Waals surface area contributed by atoms with Crippen molar-refractivity contribution >= 4 is 28.8 Å². The van der Waals surface area contributed by atoms with E-state index in [0.717, 1.165) is 49.2 Å². The molecule has 1 amide bonds. The van der Waals surface area contributed by atoms with Crippen molar-refractivity contribution in [1.82, 2.24) is 0 Å². The van der Waals surface area contributed by atoms with Crippen molar-refractivity contribution in [3.8, 4) is 0 Å². The van der Waals surface area contributed by atoms with E-state index >= 15 is 0 Å². The maximum Gasteiger partial charge on any atom is 0.300 e. The van der Waals surface area contributed by atoms with Crippen molar-refractivity contribution in [2.45, 2.75) is 52.5 Å². The summed E-state index contributed by atoms with van der Waals surface area (Å²) in [5.74, 6) is -1.39. The van der Waals surface area contributed by atoms with E-state index in [1.807, 2.05) is 73.7 Å².